The Morgan fingerprint density at radius 2 is 2.06 bits per heavy atom. The van der Waals surface area contributed by atoms with Crippen molar-refractivity contribution in [1.82, 2.24) is 4.90 Å². The van der Waals surface area contributed by atoms with Gasteiger partial charge in [0.2, 0.25) is 0 Å². The maximum absolute atomic E-state index is 12.2. The van der Waals surface area contributed by atoms with Crippen molar-refractivity contribution >= 4 is 17.5 Å². The molecule has 18 heavy (non-hydrogen) atoms. The van der Waals surface area contributed by atoms with E-state index in [1.54, 1.807) is 20.0 Å². The van der Waals surface area contributed by atoms with E-state index in [4.69, 9.17) is 11.6 Å². The summed E-state index contributed by atoms with van der Waals surface area (Å²) in [6.45, 7) is -0.896. The summed E-state index contributed by atoms with van der Waals surface area (Å²) in [6.07, 6.45) is 0. The van der Waals surface area contributed by atoms with Gasteiger partial charge >= 0.3 is 6.61 Å². The minimum Gasteiger partial charge on any atom is -0.434 e. The van der Waals surface area contributed by atoms with Crippen molar-refractivity contribution in [2.24, 2.45) is 0 Å². The molecule has 1 rings (SSSR count). The smallest absolute Gasteiger partial charge is 0.387 e. The number of para-hydroxylation sites is 1. The Kier molecular flexibility index (Phi) is 5.34. The topological polar surface area (TPSA) is 29.5 Å². The highest BCUT2D eigenvalue weighted by molar-refractivity contribution is 6.20. The molecule has 0 saturated heterocycles. The highest BCUT2D eigenvalue weighted by Crippen LogP contribution is 2.21. The quantitative estimate of drug-likeness (QED) is 0.775. The largest absolute Gasteiger partial charge is 0.434 e. The number of hydrogen-bond donors (Lipinski definition) is 0. The molecular formula is C12H14ClF2NO2. The van der Waals surface area contributed by atoms with Crippen molar-refractivity contribution in [3.05, 3.63) is 29.8 Å². The summed E-state index contributed by atoms with van der Waals surface area (Å²) in [4.78, 5) is 13.4. The van der Waals surface area contributed by atoms with Crippen LogP contribution in [0.3, 0.4) is 0 Å². The second-order valence-electron chi connectivity index (χ2n) is 3.84. The summed E-state index contributed by atoms with van der Waals surface area (Å²) < 4.78 is 28.7. The number of carbonyl (C=O) groups is 1. The van der Waals surface area contributed by atoms with Crippen LogP contribution in [0.5, 0.6) is 5.75 Å². The predicted molar refractivity (Wildman–Crippen MR) is 65.3 cm³/mol. The second kappa shape index (κ2) is 6.54. The van der Waals surface area contributed by atoms with E-state index in [-0.39, 0.29) is 16.7 Å². The molecular weight excluding hydrogens is 264 g/mol. The Hall–Kier alpha value is -1.36. The molecule has 0 heterocycles. The number of ether oxygens (including phenoxy) is 1. The van der Waals surface area contributed by atoms with Crippen LogP contribution in [-0.4, -0.2) is 36.4 Å². The monoisotopic (exact) mass is 277 g/mol. The van der Waals surface area contributed by atoms with Crippen LogP contribution >= 0.6 is 11.6 Å². The third kappa shape index (κ3) is 4.14. The van der Waals surface area contributed by atoms with Crippen LogP contribution in [0.25, 0.3) is 0 Å². The lowest BCUT2D eigenvalue weighted by Crippen LogP contribution is -2.31. The standard InChI is InChI=1S/C12H14ClF2NO2/c1-8(13)7-16(2)11(17)9-5-3-4-6-10(9)18-12(14)15/h3-6,8,12H,7H2,1-2H3. The average molecular weight is 278 g/mol. The highest BCUT2D eigenvalue weighted by Gasteiger charge is 2.19. The highest BCUT2D eigenvalue weighted by atomic mass is 35.5. The van der Waals surface area contributed by atoms with Crippen LogP contribution in [0.15, 0.2) is 24.3 Å². The maximum atomic E-state index is 12.2. The zero-order valence-corrected chi connectivity index (χ0v) is 10.8. The Morgan fingerprint density at radius 1 is 1.44 bits per heavy atom. The fraction of sp³-hybridized carbons (Fsp3) is 0.417. The first kappa shape index (κ1) is 14.7. The van der Waals surface area contributed by atoms with Gasteiger partial charge in [-0.25, -0.2) is 0 Å². The van der Waals surface area contributed by atoms with E-state index in [9.17, 15) is 13.6 Å². The molecule has 0 aromatic heterocycles. The molecule has 0 aliphatic rings. The Balaban J connectivity index is 2.91. The summed E-state index contributed by atoms with van der Waals surface area (Å²) in [5.74, 6) is -0.537. The van der Waals surface area contributed by atoms with Crippen molar-refractivity contribution in [2.75, 3.05) is 13.6 Å². The maximum Gasteiger partial charge on any atom is 0.387 e. The van der Waals surface area contributed by atoms with Crippen molar-refractivity contribution in [2.45, 2.75) is 18.9 Å². The summed E-state index contributed by atoms with van der Waals surface area (Å²) in [6, 6.07) is 5.88. The lowest BCUT2D eigenvalue weighted by molar-refractivity contribution is -0.0502. The van der Waals surface area contributed by atoms with Crippen LogP contribution in [-0.2, 0) is 0 Å². The van der Waals surface area contributed by atoms with Crippen LogP contribution in [0, 0.1) is 0 Å². The van der Waals surface area contributed by atoms with E-state index in [2.05, 4.69) is 4.74 Å². The molecule has 0 bridgehead atoms. The van der Waals surface area contributed by atoms with Crippen molar-refractivity contribution in [3.8, 4) is 5.75 Å². The van der Waals surface area contributed by atoms with Gasteiger partial charge in [0, 0.05) is 19.0 Å². The minimum absolute atomic E-state index is 0.0950. The average Bonchev–Trinajstić information content (AvgIpc) is 2.27. The number of amides is 1. The Bertz CT molecular complexity index is 413. The van der Waals surface area contributed by atoms with Crippen molar-refractivity contribution in [1.29, 1.82) is 0 Å². The molecule has 6 heteroatoms. The molecule has 0 spiro atoms. The van der Waals surface area contributed by atoms with Gasteiger partial charge in [-0.05, 0) is 19.1 Å². The number of halogens is 3. The van der Waals surface area contributed by atoms with Gasteiger partial charge in [0.1, 0.15) is 5.75 Å². The molecule has 0 aliphatic carbocycles. The molecule has 1 amide bonds. The lowest BCUT2D eigenvalue weighted by Gasteiger charge is -2.20. The lowest BCUT2D eigenvalue weighted by atomic mass is 10.1. The van der Waals surface area contributed by atoms with Crippen LogP contribution in [0.2, 0.25) is 0 Å². The van der Waals surface area contributed by atoms with Gasteiger partial charge in [-0.3, -0.25) is 4.79 Å². The summed E-state index contributed by atoms with van der Waals surface area (Å²) in [5, 5.41) is -0.220. The van der Waals surface area contributed by atoms with E-state index in [0.717, 1.165) is 0 Å². The number of hydrogen-bond acceptors (Lipinski definition) is 2. The third-order valence-corrected chi connectivity index (χ3v) is 2.34. The van der Waals surface area contributed by atoms with Gasteiger partial charge in [0.05, 0.1) is 5.56 Å². The molecule has 0 saturated carbocycles. The van der Waals surface area contributed by atoms with Gasteiger partial charge in [-0.15, -0.1) is 11.6 Å². The van der Waals surface area contributed by atoms with Crippen LogP contribution < -0.4 is 4.74 Å². The minimum atomic E-state index is -2.96. The number of carbonyl (C=O) groups excluding carboxylic acids is 1. The second-order valence-corrected chi connectivity index (χ2v) is 4.59. The van der Waals surface area contributed by atoms with Crippen molar-refractivity contribution < 1.29 is 18.3 Å². The molecule has 1 aromatic rings. The van der Waals surface area contributed by atoms with E-state index < -0.39 is 12.5 Å². The van der Waals surface area contributed by atoms with Crippen LogP contribution in [0.1, 0.15) is 17.3 Å². The zero-order chi connectivity index (χ0) is 13.7. The first-order chi connectivity index (χ1) is 8.41. The van der Waals surface area contributed by atoms with Gasteiger partial charge < -0.3 is 9.64 Å². The van der Waals surface area contributed by atoms with E-state index in [0.29, 0.717) is 6.54 Å². The molecule has 1 aromatic carbocycles. The number of alkyl halides is 3. The van der Waals surface area contributed by atoms with Gasteiger partial charge in [0.25, 0.3) is 5.91 Å². The van der Waals surface area contributed by atoms with E-state index in [1.807, 2.05) is 0 Å². The molecule has 1 atom stereocenters. The third-order valence-electron chi connectivity index (χ3n) is 2.21. The zero-order valence-electron chi connectivity index (χ0n) is 10.1. The van der Waals surface area contributed by atoms with Gasteiger partial charge in [0.15, 0.2) is 0 Å². The Morgan fingerprint density at radius 3 is 2.61 bits per heavy atom. The SMILES string of the molecule is CC(Cl)CN(C)C(=O)c1ccccc1OC(F)F. The fourth-order valence-electron chi connectivity index (χ4n) is 1.51. The van der Waals surface area contributed by atoms with E-state index >= 15 is 0 Å². The number of rotatable bonds is 5. The van der Waals surface area contributed by atoms with Gasteiger partial charge in [-0.2, -0.15) is 8.78 Å². The normalized spacial score (nSPS) is 12.3. The molecule has 0 fully saturated rings. The van der Waals surface area contributed by atoms with Crippen LogP contribution in [0.4, 0.5) is 8.78 Å². The van der Waals surface area contributed by atoms with Gasteiger partial charge in [-0.1, -0.05) is 12.1 Å². The number of benzene rings is 1. The molecule has 0 N–H and O–H groups in total. The Labute approximate surface area is 109 Å². The summed E-state index contributed by atoms with van der Waals surface area (Å²) in [5.41, 5.74) is 0.0950. The molecule has 0 aliphatic heterocycles. The predicted octanol–water partition coefficient (Wildman–Crippen LogP) is 2.99. The fourth-order valence-corrected chi connectivity index (χ4v) is 1.71. The first-order valence-corrected chi connectivity index (χ1v) is 5.79. The molecule has 3 nitrogen and oxygen atoms in total. The molecule has 1 unspecified atom stereocenters. The summed E-state index contributed by atoms with van der Waals surface area (Å²) in [7, 11) is 1.56. The van der Waals surface area contributed by atoms with E-state index in [1.165, 1.54) is 23.1 Å². The summed E-state index contributed by atoms with van der Waals surface area (Å²) >= 11 is 5.78. The first-order valence-electron chi connectivity index (χ1n) is 5.35. The number of nitrogens with zero attached hydrogens (tertiary/aromatic N) is 1. The molecule has 0 radical (unpaired) electrons. The van der Waals surface area contributed by atoms with Crippen molar-refractivity contribution in [3.63, 3.8) is 0 Å². The molecule has 100 valence electrons.